The predicted octanol–water partition coefficient (Wildman–Crippen LogP) is 4.67. The molecular weight excluding hydrogens is 279 g/mol. The van der Waals surface area contributed by atoms with E-state index in [1.165, 1.54) is 0 Å². The summed E-state index contributed by atoms with van der Waals surface area (Å²) in [4.78, 5) is 3.92. The van der Waals surface area contributed by atoms with Crippen LogP contribution in [0.2, 0.25) is 5.02 Å². The van der Waals surface area contributed by atoms with Crippen LogP contribution in [0.4, 0.5) is 0 Å². The number of aryl methyl sites for hydroxylation is 1. The second kappa shape index (κ2) is 5.88. The minimum absolute atomic E-state index is 0.385. The van der Waals surface area contributed by atoms with Crippen molar-refractivity contribution in [2.24, 2.45) is 0 Å². The summed E-state index contributed by atoms with van der Waals surface area (Å²) in [5.74, 6) is 0. The molecule has 4 heteroatoms. The third kappa shape index (κ3) is 2.96. The summed E-state index contributed by atoms with van der Waals surface area (Å²) in [6.07, 6.45) is 3.25. The van der Waals surface area contributed by atoms with Crippen molar-refractivity contribution in [3.8, 4) is 6.07 Å². The quantitative estimate of drug-likeness (QED) is 0.753. The van der Waals surface area contributed by atoms with Crippen molar-refractivity contribution in [3.05, 3.63) is 64.4 Å². The van der Waals surface area contributed by atoms with Gasteiger partial charge in [-0.25, -0.2) is 0 Å². The molecule has 0 radical (unpaired) electrons. The average molecular weight is 289 g/mol. The first kappa shape index (κ1) is 13.6. The van der Waals surface area contributed by atoms with Gasteiger partial charge in [0, 0.05) is 17.4 Å². The molecule has 2 aromatic rings. The first-order valence-corrected chi connectivity index (χ1v) is 6.36. The molecule has 0 bridgehead atoms. The molecule has 0 atom stereocenters. The van der Waals surface area contributed by atoms with E-state index in [1.54, 1.807) is 30.6 Å². The maximum absolute atomic E-state index is 9.29. The van der Waals surface area contributed by atoms with Gasteiger partial charge in [0.1, 0.15) is 6.07 Å². The Bertz CT molecular complexity index is 670. The van der Waals surface area contributed by atoms with Gasteiger partial charge in [-0.05, 0) is 41.8 Å². The molecule has 0 amide bonds. The Kier molecular flexibility index (Phi) is 4.21. The van der Waals surface area contributed by atoms with Crippen molar-refractivity contribution in [1.29, 1.82) is 5.26 Å². The van der Waals surface area contributed by atoms with Crippen LogP contribution in [0.15, 0.2) is 42.7 Å². The molecule has 1 aromatic heterocycles. The third-order valence-corrected chi connectivity index (χ3v) is 3.54. The highest BCUT2D eigenvalue weighted by atomic mass is 35.5. The van der Waals surface area contributed by atoms with E-state index >= 15 is 0 Å². The minimum Gasteiger partial charge on any atom is -0.265 e. The van der Waals surface area contributed by atoms with Crippen molar-refractivity contribution >= 4 is 33.8 Å². The lowest BCUT2D eigenvalue weighted by atomic mass is 10.0. The van der Waals surface area contributed by atoms with Crippen LogP contribution in [0.3, 0.4) is 0 Å². The number of nitriles is 1. The lowest BCUT2D eigenvalue weighted by Crippen LogP contribution is -1.87. The molecule has 19 heavy (non-hydrogen) atoms. The van der Waals surface area contributed by atoms with Gasteiger partial charge in [-0.15, -0.1) is 0 Å². The summed E-state index contributed by atoms with van der Waals surface area (Å²) in [5.41, 5.74) is 2.84. The molecule has 0 spiro atoms. The molecule has 0 aliphatic carbocycles. The molecular formula is C15H10Cl2N2. The van der Waals surface area contributed by atoms with E-state index < -0.39 is 0 Å². The molecule has 0 aliphatic rings. The number of hydrogen-bond acceptors (Lipinski definition) is 2. The zero-order chi connectivity index (χ0) is 13.8. The Hall–Kier alpha value is -1.82. The number of benzene rings is 1. The molecule has 94 valence electrons. The lowest BCUT2D eigenvalue weighted by Gasteiger charge is -2.06. The second-order valence-electron chi connectivity index (χ2n) is 4.00. The minimum atomic E-state index is 0.385. The summed E-state index contributed by atoms with van der Waals surface area (Å²) >= 11 is 12.4. The standard InChI is InChI=1S/C15H10Cl2N2/c1-10-2-3-12(8-14(10)16)15(17)13(9-18)11-4-6-19-7-5-11/h2-8H,1H3/b15-13+. The van der Waals surface area contributed by atoms with Gasteiger partial charge in [0.2, 0.25) is 0 Å². The largest absolute Gasteiger partial charge is 0.265 e. The smallest absolute Gasteiger partial charge is 0.101 e. The Morgan fingerprint density at radius 1 is 1.16 bits per heavy atom. The van der Waals surface area contributed by atoms with Crippen LogP contribution in [0.5, 0.6) is 0 Å². The molecule has 0 N–H and O–H groups in total. The fourth-order valence-corrected chi connectivity index (χ4v) is 2.08. The molecule has 0 fully saturated rings. The SMILES string of the molecule is Cc1ccc(/C(Cl)=C(/C#N)c2ccncc2)cc1Cl. The van der Waals surface area contributed by atoms with E-state index in [-0.39, 0.29) is 0 Å². The molecule has 1 heterocycles. The molecule has 1 aromatic carbocycles. The number of halogens is 2. The van der Waals surface area contributed by atoms with Crippen LogP contribution < -0.4 is 0 Å². The summed E-state index contributed by atoms with van der Waals surface area (Å²) in [7, 11) is 0. The van der Waals surface area contributed by atoms with Gasteiger partial charge in [0.25, 0.3) is 0 Å². The molecule has 0 aliphatic heterocycles. The Morgan fingerprint density at radius 2 is 1.84 bits per heavy atom. The third-order valence-electron chi connectivity index (χ3n) is 2.73. The van der Waals surface area contributed by atoms with Crippen molar-refractivity contribution in [1.82, 2.24) is 4.98 Å². The zero-order valence-corrected chi connectivity index (χ0v) is 11.7. The zero-order valence-electron chi connectivity index (χ0n) is 10.2. The topological polar surface area (TPSA) is 36.7 Å². The Labute approximate surface area is 121 Å². The number of rotatable bonds is 2. The van der Waals surface area contributed by atoms with Crippen LogP contribution in [0, 0.1) is 18.3 Å². The number of allylic oxidation sites excluding steroid dienone is 1. The fourth-order valence-electron chi connectivity index (χ4n) is 1.63. The second-order valence-corrected chi connectivity index (χ2v) is 4.79. The fraction of sp³-hybridized carbons (Fsp3) is 0.0667. The van der Waals surface area contributed by atoms with E-state index in [4.69, 9.17) is 23.2 Å². The maximum Gasteiger partial charge on any atom is 0.101 e. The van der Waals surface area contributed by atoms with E-state index in [9.17, 15) is 5.26 Å². The van der Waals surface area contributed by atoms with E-state index in [0.717, 1.165) is 16.7 Å². The first-order chi connectivity index (χ1) is 9.13. The van der Waals surface area contributed by atoms with E-state index in [1.807, 2.05) is 19.1 Å². The molecule has 0 saturated carbocycles. The average Bonchev–Trinajstić information content (AvgIpc) is 2.44. The van der Waals surface area contributed by atoms with Gasteiger partial charge < -0.3 is 0 Å². The van der Waals surface area contributed by atoms with Crippen LogP contribution in [0.25, 0.3) is 10.6 Å². The molecule has 2 rings (SSSR count). The Morgan fingerprint density at radius 3 is 2.42 bits per heavy atom. The summed E-state index contributed by atoms with van der Waals surface area (Å²) < 4.78 is 0. The summed E-state index contributed by atoms with van der Waals surface area (Å²) in [6, 6.07) is 11.1. The van der Waals surface area contributed by atoms with E-state index in [2.05, 4.69) is 11.1 Å². The predicted molar refractivity (Wildman–Crippen MR) is 78.7 cm³/mol. The van der Waals surface area contributed by atoms with Crippen LogP contribution >= 0.6 is 23.2 Å². The van der Waals surface area contributed by atoms with Crippen molar-refractivity contribution in [3.63, 3.8) is 0 Å². The van der Waals surface area contributed by atoms with Gasteiger partial charge in [0.05, 0.1) is 10.6 Å². The van der Waals surface area contributed by atoms with Gasteiger partial charge in [-0.2, -0.15) is 5.26 Å². The van der Waals surface area contributed by atoms with E-state index in [0.29, 0.717) is 15.6 Å². The van der Waals surface area contributed by atoms with Gasteiger partial charge in [-0.3, -0.25) is 4.98 Å². The summed E-state index contributed by atoms with van der Waals surface area (Å²) in [6.45, 7) is 1.91. The maximum atomic E-state index is 9.29. The van der Waals surface area contributed by atoms with Crippen molar-refractivity contribution in [2.45, 2.75) is 6.92 Å². The first-order valence-electron chi connectivity index (χ1n) is 5.60. The Balaban J connectivity index is 2.56. The molecule has 0 saturated heterocycles. The number of hydrogen-bond donors (Lipinski definition) is 0. The highest BCUT2D eigenvalue weighted by Gasteiger charge is 2.10. The number of nitrogens with zero attached hydrogens (tertiary/aromatic N) is 2. The molecule has 0 unspecified atom stereocenters. The van der Waals surface area contributed by atoms with Crippen molar-refractivity contribution in [2.75, 3.05) is 0 Å². The highest BCUT2D eigenvalue weighted by Crippen LogP contribution is 2.31. The van der Waals surface area contributed by atoms with Crippen LogP contribution in [0.1, 0.15) is 16.7 Å². The van der Waals surface area contributed by atoms with Gasteiger partial charge in [0.15, 0.2) is 0 Å². The number of pyridine rings is 1. The lowest BCUT2D eigenvalue weighted by molar-refractivity contribution is 1.32. The highest BCUT2D eigenvalue weighted by molar-refractivity contribution is 6.53. The van der Waals surface area contributed by atoms with Crippen LogP contribution in [-0.2, 0) is 0 Å². The van der Waals surface area contributed by atoms with Crippen molar-refractivity contribution < 1.29 is 0 Å². The van der Waals surface area contributed by atoms with Gasteiger partial charge >= 0.3 is 0 Å². The normalized spacial score (nSPS) is 11.7. The van der Waals surface area contributed by atoms with Gasteiger partial charge in [-0.1, -0.05) is 35.3 Å². The summed E-state index contributed by atoms with van der Waals surface area (Å²) in [5, 5.41) is 10.3. The van der Waals surface area contributed by atoms with Crippen LogP contribution in [-0.4, -0.2) is 4.98 Å². The molecule has 2 nitrogen and oxygen atoms in total. The monoisotopic (exact) mass is 288 g/mol. The number of aromatic nitrogens is 1.